The highest BCUT2D eigenvalue weighted by atomic mass is 32.1. The lowest BCUT2D eigenvalue weighted by Gasteiger charge is -2.31. The molecule has 1 atom stereocenters. The Morgan fingerprint density at radius 1 is 1.32 bits per heavy atom. The zero-order valence-corrected chi connectivity index (χ0v) is 12.5. The van der Waals surface area contributed by atoms with Gasteiger partial charge in [-0.25, -0.2) is 9.79 Å². The van der Waals surface area contributed by atoms with Crippen molar-refractivity contribution < 1.29 is 14.3 Å². The van der Waals surface area contributed by atoms with E-state index in [-0.39, 0.29) is 16.6 Å². The molecule has 5 nitrogen and oxygen atoms in total. The maximum absolute atomic E-state index is 12.8. The Balaban J connectivity index is 2.10. The van der Waals surface area contributed by atoms with Crippen molar-refractivity contribution in [2.75, 3.05) is 12.0 Å². The van der Waals surface area contributed by atoms with Crippen LogP contribution in [0.5, 0.6) is 0 Å². The van der Waals surface area contributed by atoms with Crippen LogP contribution in [0.2, 0.25) is 0 Å². The van der Waals surface area contributed by atoms with Crippen molar-refractivity contribution in [3.8, 4) is 0 Å². The third-order valence-electron chi connectivity index (χ3n) is 3.45. The first kappa shape index (κ1) is 14.3. The summed E-state index contributed by atoms with van der Waals surface area (Å²) in [6, 6.07) is 6.67. The number of benzene rings is 1. The van der Waals surface area contributed by atoms with E-state index in [0.29, 0.717) is 11.4 Å². The Kier molecular flexibility index (Phi) is 3.68. The van der Waals surface area contributed by atoms with Crippen LogP contribution < -0.4 is 4.90 Å². The number of ether oxygens (including phenoxy) is 1. The van der Waals surface area contributed by atoms with Crippen LogP contribution >= 0.6 is 12.2 Å². The summed E-state index contributed by atoms with van der Waals surface area (Å²) in [4.78, 5) is 30.3. The highest BCUT2D eigenvalue weighted by Gasteiger charge is 2.36. The highest BCUT2D eigenvalue weighted by Crippen LogP contribution is 2.28. The molecule has 0 bridgehead atoms. The molecule has 3 rings (SSSR count). The monoisotopic (exact) mass is 312 g/mol. The van der Waals surface area contributed by atoms with Gasteiger partial charge in [-0.3, -0.25) is 9.69 Å². The second kappa shape index (κ2) is 5.65. The van der Waals surface area contributed by atoms with Crippen LogP contribution in [0.1, 0.15) is 10.4 Å². The summed E-state index contributed by atoms with van der Waals surface area (Å²) in [6.45, 7) is 0. The van der Waals surface area contributed by atoms with E-state index in [1.807, 2.05) is 6.08 Å². The quantitative estimate of drug-likeness (QED) is 0.621. The lowest BCUT2D eigenvalue weighted by Crippen LogP contribution is -2.46. The van der Waals surface area contributed by atoms with Gasteiger partial charge >= 0.3 is 5.97 Å². The molecule has 110 valence electrons. The van der Waals surface area contributed by atoms with Gasteiger partial charge in [0.05, 0.1) is 30.0 Å². The van der Waals surface area contributed by atoms with Crippen LogP contribution in [0.4, 0.5) is 5.69 Å². The topological polar surface area (TPSA) is 59.0 Å². The standard InChI is InChI=1S/C16H12N2O3S/c1-21-15(20)11-7-3-5-9-13(11)18-14(19)10-6-2-4-8-12(10)17-16(18)22/h2-10H,1H3. The van der Waals surface area contributed by atoms with Crippen molar-refractivity contribution in [2.45, 2.75) is 0 Å². The van der Waals surface area contributed by atoms with Crippen molar-refractivity contribution in [1.82, 2.24) is 0 Å². The highest BCUT2D eigenvalue weighted by molar-refractivity contribution is 7.80. The van der Waals surface area contributed by atoms with Gasteiger partial charge in [-0.1, -0.05) is 30.4 Å². The minimum atomic E-state index is -0.528. The summed E-state index contributed by atoms with van der Waals surface area (Å²) >= 11 is 5.24. The fourth-order valence-corrected chi connectivity index (χ4v) is 2.71. The van der Waals surface area contributed by atoms with Crippen molar-refractivity contribution in [3.63, 3.8) is 0 Å². The van der Waals surface area contributed by atoms with E-state index in [9.17, 15) is 9.59 Å². The van der Waals surface area contributed by atoms with Crippen LogP contribution in [-0.4, -0.2) is 29.8 Å². The summed E-state index contributed by atoms with van der Waals surface area (Å²) in [6.07, 6.45) is 7.12. The first-order valence-electron chi connectivity index (χ1n) is 6.62. The number of anilines is 1. The van der Waals surface area contributed by atoms with Crippen LogP contribution in [0, 0.1) is 5.92 Å². The molecule has 22 heavy (non-hydrogen) atoms. The molecule has 1 aromatic carbocycles. The number of aliphatic imine (C=N–C) groups is 1. The number of esters is 1. The molecule has 0 aromatic heterocycles. The number of thiocarbonyl (C=S) groups is 1. The fraction of sp³-hybridized carbons (Fsp3) is 0.125. The molecule has 0 saturated heterocycles. The zero-order chi connectivity index (χ0) is 15.7. The number of para-hydroxylation sites is 1. The van der Waals surface area contributed by atoms with E-state index in [2.05, 4.69) is 4.99 Å². The average Bonchev–Trinajstić information content (AvgIpc) is 2.54. The van der Waals surface area contributed by atoms with Crippen molar-refractivity contribution in [3.05, 3.63) is 54.1 Å². The van der Waals surface area contributed by atoms with Crippen molar-refractivity contribution in [1.29, 1.82) is 0 Å². The van der Waals surface area contributed by atoms with Gasteiger partial charge in [0.15, 0.2) is 0 Å². The molecular formula is C16H12N2O3S. The number of nitrogens with zero attached hydrogens (tertiary/aromatic N) is 2. The first-order valence-corrected chi connectivity index (χ1v) is 7.03. The van der Waals surface area contributed by atoms with Gasteiger partial charge in [0.2, 0.25) is 11.0 Å². The number of allylic oxidation sites excluding steroid dienone is 3. The van der Waals surface area contributed by atoms with E-state index in [4.69, 9.17) is 17.0 Å². The number of methoxy groups -OCH3 is 1. The number of carbonyl (C=O) groups excluding carboxylic acids is 2. The van der Waals surface area contributed by atoms with E-state index in [0.717, 1.165) is 0 Å². The molecule has 0 spiro atoms. The van der Waals surface area contributed by atoms with E-state index in [1.165, 1.54) is 12.0 Å². The van der Waals surface area contributed by atoms with Crippen LogP contribution in [0.25, 0.3) is 0 Å². The fourth-order valence-electron chi connectivity index (χ4n) is 2.41. The molecule has 1 heterocycles. The Morgan fingerprint density at radius 3 is 2.86 bits per heavy atom. The first-order chi connectivity index (χ1) is 10.6. The maximum Gasteiger partial charge on any atom is 0.339 e. The smallest absolute Gasteiger partial charge is 0.339 e. The lowest BCUT2D eigenvalue weighted by atomic mass is 9.95. The number of hydrogen-bond acceptors (Lipinski definition) is 4. The molecule has 1 unspecified atom stereocenters. The lowest BCUT2D eigenvalue weighted by molar-refractivity contribution is -0.118. The number of hydrogen-bond donors (Lipinski definition) is 0. The molecule has 0 fully saturated rings. The number of amides is 1. The van der Waals surface area contributed by atoms with Crippen LogP contribution in [-0.2, 0) is 9.53 Å². The molecule has 0 radical (unpaired) electrons. The molecule has 1 aliphatic carbocycles. The van der Waals surface area contributed by atoms with Crippen molar-refractivity contribution in [2.24, 2.45) is 10.9 Å². The molecule has 1 amide bonds. The molecule has 1 aliphatic heterocycles. The van der Waals surface area contributed by atoms with Crippen LogP contribution in [0.15, 0.2) is 53.6 Å². The Hall–Kier alpha value is -2.60. The minimum Gasteiger partial charge on any atom is -0.465 e. The van der Waals surface area contributed by atoms with Crippen molar-refractivity contribution >= 4 is 40.6 Å². The van der Waals surface area contributed by atoms with Gasteiger partial charge in [0.25, 0.3) is 0 Å². The predicted octanol–water partition coefficient (Wildman–Crippen LogP) is 2.29. The Morgan fingerprint density at radius 2 is 2.09 bits per heavy atom. The second-order valence-electron chi connectivity index (χ2n) is 4.72. The number of fused-ring (bicyclic) bond motifs is 1. The van der Waals surface area contributed by atoms with Gasteiger partial charge in [0, 0.05) is 0 Å². The number of carbonyl (C=O) groups is 2. The van der Waals surface area contributed by atoms with E-state index >= 15 is 0 Å². The van der Waals surface area contributed by atoms with Crippen LogP contribution in [0.3, 0.4) is 0 Å². The third-order valence-corrected chi connectivity index (χ3v) is 3.73. The molecule has 0 N–H and O–H groups in total. The predicted molar refractivity (Wildman–Crippen MR) is 87.1 cm³/mol. The molecular weight excluding hydrogens is 300 g/mol. The third kappa shape index (κ3) is 2.27. The van der Waals surface area contributed by atoms with E-state index < -0.39 is 11.9 Å². The average molecular weight is 312 g/mol. The SMILES string of the molecule is COC(=O)c1ccccc1N1C(=O)C2C=CC=CC2=NC1=S. The minimum absolute atomic E-state index is 0.118. The summed E-state index contributed by atoms with van der Waals surface area (Å²) in [5, 5.41) is 0.118. The largest absolute Gasteiger partial charge is 0.465 e. The Labute approximate surface area is 132 Å². The summed E-state index contributed by atoms with van der Waals surface area (Å²) < 4.78 is 4.76. The number of rotatable bonds is 2. The summed E-state index contributed by atoms with van der Waals surface area (Å²) in [5.41, 5.74) is 1.27. The van der Waals surface area contributed by atoms with Gasteiger partial charge in [-0.05, 0) is 30.4 Å². The summed E-state index contributed by atoms with van der Waals surface area (Å²) in [5.74, 6) is -1.24. The Bertz CT molecular complexity index is 764. The molecule has 1 aromatic rings. The molecule has 2 aliphatic rings. The molecule has 6 heteroatoms. The van der Waals surface area contributed by atoms with E-state index in [1.54, 1.807) is 42.5 Å². The van der Waals surface area contributed by atoms with Gasteiger partial charge < -0.3 is 4.74 Å². The second-order valence-corrected chi connectivity index (χ2v) is 5.09. The van der Waals surface area contributed by atoms with Gasteiger partial charge in [-0.2, -0.15) is 0 Å². The maximum atomic E-state index is 12.8. The summed E-state index contributed by atoms with van der Waals surface area (Å²) in [7, 11) is 1.29. The van der Waals surface area contributed by atoms with Gasteiger partial charge in [-0.15, -0.1) is 0 Å². The van der Waals surface area contributed by atoms with Gasteiger partial charge in [0.1, 0.15) is 0 Å². The normalized spacial score (nSPS) is 19.8. The zero-order valence-electron chi connectivity index (χ0n) is 11.7. The molecule has 0 saturated carbocycles.